The van der Waals surface area contributed by atoms with E-state index in [0.29, 0.717) is 23.8 Å². The van der Waals surface area contributed by atoms with Gasteiger partial charge in [0.1, 0.15) is 11.5 Å². The number of ketones is 1. The Balaban J connectivity index is 1.57. The van der Waals surface area contributed by atoms with Crippen molar-refractivity contribution < 1.29 is 14.3 Å². The largest absolute Gasteiger partial charge is 0.484 e. The maximum atomic E-state index is 11.9. The Morgan fingerprint density at radius 3 is 2.59 bits per heavy atom. The van der Waals surface area contributed by atoms with Crippen molar-refractivity contribution >= 4 is 44.7 Å². The van der Waals surface area contributed by atoms with Crippen molar-refractivity contribution in [2.45, 2.75) is 33.2 Å². The van der Waals surface area contributed by atoms with Crippen LogP contribution >= 0.6 is 11.3 Å². The number of ether oxygens (including phenoxy) is 1. The smallest absolute Gasteiger partial charge is 0.258 e. The van der Waals surface area contributed by atoms with Gasteiger partial charge in [0.25, 0.3) is 5.91 Å². The summed E-state index contributed by atoms with van der Waals surface area (Å²) in [6.45, 7) is 5.34. The Kier molecular flexibility index (Phi) is 7.18. The zero-order valence-corrected chi connectivity index (χ0v) is 20.1. The summed E-state index contributed by atoms with van der Waals surface area (Å²) in [5.41, 5.74) is 3.48. The van der Waals surface area contributed by atoms with E-state index < -0.39 is 0 Å². The molecule has 0 unspecified atom stereocenters. The van der Waals surface area contributed by atoms with Crippen LogP contribution in [0.4, 0.5) is 11.5 Å². The second kappa shape index (κ2) is 10.4. The summed E-state index contributed by atoms with van der Waals surface area (Å²) in [5.74, 6) is 1.79. The maximum Gasteiger partial charge on any atom is 0.258 e. The third-order valence-corrected chi connectivity index (χ3v) is 5.80. The molecule has 174 valence electrons. The Morgan fingerprint density at radius 1 is 1.06 bits per heavy atom. The van der Waals surface area contributed by atoms with Gasteiger partial charge in [-0.1, -0.05) is 24.3 Å². The quantitative estimate of drug-likeness (QED) is 0.349. The molecule has 4 aromatic rings. The lowest BCUT2D eigenvalue weighted by atomic mass is 10.1. The van der Waals surface area contributed by atoms with E-state index in [4.69, 9.17) is 14.7 Å². The number of hydrogen-bond donors (Lipinski definition) is 2. The number of amides is 1. The number of nitrogens with zero attached hydrogens (tertiary/aromatic N) is 2. The van der Waals surface area contributed by atoms with Gasteiger partial charge in [-0.25, -0.2) is 9.97 Å². The summed E-state index contributed by atoms with van der Waals surface area (Å²) in [7, 11) is 0. The number of carbonyl (C=O) groups excluding carboxylic acids is 2. The summed E-state index contributed by atoms with van der Waals surface area (Å²) in [4.78, 5) is 32.8. The van der Waals surface area contributed by atoms with Gasteiger partial charge in [0, 0.05) is 23.7 Å². The number of aromatic nitrogens is 2. The number of nitrogens with one attached hydrogen (secondary N) is 2. The van der Waals surface area contributed by atoms with Crippen LogP contribution in [0.2, 0.25) is 0 Å². The standard InChI is InChI=1S/C26H26N4O3S/c1-16(2)27-23(32)15-33-21-6-4-5-19(14-21)25-29-22-11-12-34-24(22)26(30-25)28-20-9-7-18(8-10-20)13-17(3)31/h4-12,14,16H,13,15H2,1-3H3,(H,27,32)(H,28,29,30). The van der Waals surface area contributed by atoms with Gasteiger partial charge in [0.2, 0.25) is 0 Å². The molecule has 0 spiro atoms. The van der Waals surface area contributed by atoms with Gasteiger partial charge < -0.3 is 15.4 Å². The van der Waals surface area contributed by atoms with Crippen molar-refractivity contribution in [2.75, 3.05) is 11.9 Å². The van der Waals surface area contributed by atoms with E-state index in [2.05, 4.69) is 10.6 Å². The molecule has 0 saturated heterocycles. The molecule has 0 saturated carbocycles. The van der Waals surface area contributed by atoms with Gasteiger partial charge in [-0.15, -0.1) is 11.3 Å². The minimum absolute atomic E-state index is 0.0571. The van der Waals surface area contributed by atoms with Crippen molar-refractivity contribution in [2.24, 2.45) is 0 Å². The van der Waals surface area contributed by atoms with Gasteiger partial charge in [-0.2, -0.15) is 0 Å². The molecule has 0 bridgehead atoms. The fraction of sp³-hybridized carbons (Fsp3) is 0.231. The molecule has 2 aromatic carbocycles. The normalized spacial score (nSPS) is 10.9. The van der Waals surface area contributed by atoms with E-state index in [0.717, 1.165) is 27.0 Å². The highest BCUT2D eigenvalue weighted by Crippen LogP contribution is 2.32. The number of benzene rings is 2. The first-order valence-corrected chi connectivity index (χ1v) is 11.9. The summed E-state index contributed by atoms with van der Waals surface area (Å²) in [5, 5.41) is 8.18. The molecule has 0 atom stereocenters. The second-order valence-electron chi connectivity index (χ2n) is 8.27. The fourth-order valence-electron chi connectivity index (χ4n) is 3.44. The van der Waals surface area contributed by atoms with Crippen molar-refractivity contribution in [3.8, 4) is 17.1 Å². The Bertz CT molecular complexity index is 1320. The molecule has 4 rings (SSSR count). The van der Waals surface area contributed by atoms with Crippen LogP contribution in [0.5, 0.6) is 5.75 Å². The van der Waals surface area contributed by atoms with Crippen LogP contribution in [0.25, 0.3) is 21.6 Å². The third kappa shape index (κ3) is 5.96. The molecular formula is C26H26N4O3S. The molecule has 0 aliphatic carbocycles. The van der Waals surface area contributed by atoms with E-state index in [1.807, 2.05) is 67.8 Å². The van der Waals surface area contributed by atoms with Crippen molar-refractivity contribution in [1.29, 1.82) is 0 Å². The SMILES string of the molecule is CC(=O)Cc1ccc(Nc2nc(-c3cccc(OCC(=O)NC(C)C)c3)nc3ccsc23)cc1. The third-order valence-electron chi connectivity index (χ3n) is 4.89. The average Bonchev–Trinajstić information content (AvgIpc) is 3.27. The second-order valence-corrected chi connectivity index (χ2v) is 9.19. The van der Waals surface area contributed by atoms with Crippen LogP contribution in [0.15, 0.2) is 60.0 Å². The first-order valence-electron chi connectivity index (χ1n) is 11.0. The molecule has 2 aromatic heterocycles. The zero-order chi connectivity index (χ0) is 24.1. The average molecular weight is 475 g/mol. The first-order chi connectivity index (χ1) is 16.4. The topological polar surface area (TPSA) is 93.2 Å². The summed E-state index contributed by atoms with van der Waals surface area (Å²) >= 11 is 1.57. The molecule has 0 radical (unpaired) electrons. The molecule has 1 amide bonds. The molecule has 7 nitrogen and oxygen atoms in total. The highest BCUT2D eigenvalue weighted by molar-refractivity contribution is 7.17. The minimum Gasteiger partial charge on any atom is -0.484 e. The summed E-state index contributed by atoms with van der Waals surface area (Å²) < 4.78 is 6.62. The number of thiophene rings is 1. The number of Topliss-reactive ketones (excluding diaryl/α,β-unsaturated/α-hetero) is 1. The molecule has 8 heteroatoms. The van der Waals surface area contributed by atoms with Gasteiger partial charge in [0.15, 0.2) is 18.2 Å². The highest BCUT2D eigenvalue weighted by atomic mass is 32.1. The van der Waals surface area contributed by atoms with Gasteiger partial charge in [0.05, 0.1) is 10.2 Å². The van der Waals surface area contributed by atoms with Crippen LogP contribution in [0, 0.1) is 0 Å². The Hall–Kier alpha value is -3.78. The van der Waals surface area contributed by atoms with Crippen LogP contribution in [-0.2, 0) is 16.0 Å². The van der Waals surface area contributed by atoms with E-state index in [9.17, 15) is 9.59 Å². The molecule has 2 N–H and O–H groups in total. The monoisotopic (exact) mass is 474 g/mol. The number of anilines is 2. The number of rotatable bonds is 9. The summed E-state index contributed by atoms with van der Waals surface area (Å²) in [6.07, 6.45) is 0.421. The number of fused-ring (bicyclic) bond motifs is 1. The molecule has 0 aliphatic rings. The number of carbonyl (C=O) groups is 2. The van der Waals surface area contributed by atoms with E-state index >= 15 is 0 Å². The highest BCUT2D eigenvalue weighted by Gasteiger charge is 2.13. The van der Waals surface area contributed by atoms with Crippen molar-refractivity contribution in [3.63, 3.8) is 0 Å². The van der Waals surface area contributed by atoms with Crippen LogP contribution < -0.4 is 15.4 Å². The van der Waals surface area contributed by atoms with E-state index in [1.165, 1.54) is 0 Å². The van der Waals surface area contributed by atoms with Crippen LogP contribution in [0.3, 0.4) is 0 Å². The molecule has 34 heavy (non-hydrogen) atoms. The number of hydrogen-bond acceptors (Lipinski definition) is 7. The molecular weight excluding hydrogens is 448 g/mol. The first kappa shape index (κ1) is 23.4. The van der Waals surface area contributed by atoms with Crippen LogP contribution in [-0.4, -0.2) is 34.3 Å². The minimum atomic E-state index is -0.169. The lowest BCUT2D eigenvalue weighted by Crippen LogP contribution is -2.34. The van der Waals surface area contributed by atoms with Crippen molar-refractivity contribution in [3.05, 3.63) is 65.5 Å². The zero-order valence-electron chi connectivity index (χ0n) is 19.3. The predicted molar refractivity (Wildman–Crippen MR) is 136 cm³/mol. The fourth-order valence-corrected chi connectivity index (χ4v) is 4.22. The van der Waals surface area contributed by atoms with Gasteiger partial charge in [-0.05, 0) is 62.0 Å². The Morgan fingerprint density at radius 2 is 1.85 bits per heavy atom. The van der Waals surface area contributed by atoms with Crippen LogP contribution in [0.1, 0.15) is 26.3 Å². The molecule has 0 fully saturated rings. The molecule has 2 heterocycles. The van der Waals surface area contributed by atoms with Gasteiger partial charge >= 0.3 is 0 Å². The predicted octanol–water partition coefficient (Wildman–Crippen LogP) is 5.14. The summed E-state index contributed by atoms with van der Waals surface area (Å²) in [6, 6.07) is 17.2. The Labute approximate surface area is 202 Å². The lowest BCUT2D eigenvalue weighted by molar-refractivity contribution is -0.123. The maximum absolute atomic E-state index is 11.9. The molecule has 0 aliphatic heterocycles. The lowest BCUT2D eigenvalue weighted by Gasteiger charge is -2.11. The van der Waals surface area contributed by atoms with Crippen molar-refractivity contribution in [1.82, 2.24) is 15.3 Å². The van der Waals surface area contributed by atoms with E-state index in [1.54, 1.807) is 24.3 Å². The van der Waals surface area contributed by atoms with Gasteiger partial charge in [-0.3, -0.25) is 9.59 Å². The van der Waals surface area contributed by atoms with E-state index in [-0.39, 0.29) is 24.3 Å².